The molecule has 0 saturated carbocycles. The number of carbonyl (C=O) groups is 2. The van der Waals surface area contributed by atoms with Crippen LogP contribution in [0.3, 0.4) is 0 Å². The van der Waals surface area contributed by atoms with Gasteiger partial charge in [0.15, 0.2) is 5.82 Å². The van der Waals surface area contributed by atoms with Crippen LogP contribution in [-0.4, -0.2) is 79.5 Å². The summed E-state index contributed by atoms with van der Waals surface area (Å²) < 4.78 is 72.2. The van der Waals surface area contributed by atoms with Gasteiger partial charge >= 0.3 is 24.2 Å². The van der Waals surface area contributed by atoms with Crippen LogP contribution in [-0.2, 0) is 25.8 Å². The molecule has 19 heteroatoms. The number of hydrogen-bond acceptors (Lipinski definition) is 9. The van der Waals surface area contributed by atoms with Gasteiger partial charge in [-0.1, -0.05) is 29.3 Å². The molecule has 0 spiro atoms. The molecule has 0 bridgehead atoms. The number of esters is 1. The van der Waals surface area contributed by atoms with Gasteiger partial charge in [-0.05, 0) is 77.3 Å². The van der Waals surface area contributed by atoms with Gasteiger partial charge in [-0.3, -0.25) is 4.79 Å². The Bertz CT molecular complexity index is 2020. The number of alkyl halides is 3. The molecule has 1 amide bonds. The van der Waals surface area contributed by atoms with Gasteiger partial charge in [-0.25, -0.2) is 31.9 Å². The van der Waals surface area contributed by atoms with E-state index in [1.807, 2.05) is 20.8 Å². The minimum Gasteiger partial charge on any atom is -0.465 e. The van der Waals surface area contributed by atoms with Crippen molar-refractivity contribution in [2.45, 2.75) is 76.9 Å². The van der Waals surface area contributed by atoms with Crippen LogP contribution in [0.5, 0.6) is 0 Å². The molecule has 1 atom stereocenters. The fraction of sp³-hybridized carbons (Fsp3) is 0.419. The predicted octanol–water partition coefficient (Wildman–Crippen LogP) is 5.59. The number of nitrogens with zero attached hydrogens (tertiary/aromatic N) is 7. The van der Waals surface area contributed by atoms with E-state index in [0.717, 1.165) is 28.7 Å². The van der Waals surface area contributed by atoms with Crippen molar-refractivity contribution in [1.82, 2.24) is 34.0 Å². The third kappa shape index (κ3) is 8.73. The van der Waals surface area contributed by atoms with Crippen molar-refractivity contribution < 1.29 is 35.9 Å². The van der Waals surface area contributed by atoms with Gasteiger partial charge in [0.25, 0.3) is 5.16 Å². The van der Waals surface area contributed by atoms with E-state index in [0.29, 0.717) is 28.9 Å². The largest absolute Gasteiger partial charge is 0.465 e. The quantitative estimate of drug-likeness (QED) is 0.149. The highest BCUT2D eigenvalue weighted by atomic mass is 35.5. The molecule has 1 unspecified atom stereocenters. The number of sulfone groups is 1. The van der Waals surface area contributed by atoms with Crippen LogP contribution in [0.4, 0.5) is 18.0 Å². The fourth-order valence-electron chi connectivity index (χ4n) is 5.05. The lowest BCUT2D eigenvalue weighted by Crippen LogP contribution is -2.34. The first-order chi connectivity index (χ1) is 23.4. The van der Waals surface area contributed by atoms with E-state index in [1.54, 1.807) is 32.9 Å². The van der Waals surface area contributed by atoms with E-state index < -0.39 is 45.3 Å². The zero-order valence-corrected chi connectivity index (χ0v) is 30.6. The maximum absolute atomic E-state index is 14.2. The highest BCUT2D eigenvalue weighted by Gasteiger charge is 2.28. The maximum Gasteiger partial charge on any atom is 0.355 e. The van der Waals surface area contributed by atoms with E-state index in [4.69, 9.17) is 27.9 Å². The van der Waals surface area contributed by atoms with Crippen molar-refractivity contribution in [3.8, 4) is 5.69 Å². The van der Waals surface area contributed by atoms with Crippen LogP contribution in [0.25, 0.3) is 5.69 Å². The molecule has 50 heavy (non-hydrogen) atoms. The number of rotatable bonds is 10. The summed E-state index contributed by atoms with van der Waals surface area (Å²) in [7, 11) is -3.88. The lowest BCUT2D eigenvalue weighted by molar-refractivity contribution is -0.142. The second-order valence-electron chi connectivity index (χ2n) is 10.9. The summed E-state index contributed by atoms with van der Waals surface area (Å²) in [5, 5.41) is 6.06. The van der Waals surface area contributed by atoms with Gasteiger partial charge in [-0.15, -0.1) is 21.8 Å². The number of hydrogen-bond donors (Lipinski definition) is 0. The molecule has 272 valence electrons. The van der Waals surface area contributed by atoms with Gasteiger partial charge in [0.2, 0.25) is 9.84 Å². The first-order valence-electron chi connectivity index (χ1n) is 15.2. The SMILES string of the molecule is CCN(CC)C(=O)n1cnc(S(=O)(=O)c2c(C)cc(C)cc2C)n1.CCOC(=O)C(Cl)Cc1cc(-n2nc(C)n(C(F)F)c2=O)c(F)cc1Cl. The van der Waals surface area contributed by atoms with Crippen LogP contribution in [0.2, 0.25) is 5.02 Å². The van der Waals surface area contributed by atoms with E-state index in [9.17, 15) is 36.0 Å². The lowest BCUT2D eigenvalue weighted by atomic mass is 10.1. The lowest BCUT2D eigenvalue weighted by Gasteiger charge is -2.17. The number of aryl methyl sites for hydroxylation is 4. The molecule has 2 heterocycles. The fourth-order valence-corrected chi connectivity index (χ4v) is 7.04. The Hall–Kier alpha value is -4.22. The van der Waals surface area contributed by atoms with E-state index in [2.05, 4.69) is 15.2 Å². The first-order valence-corrected chi connectivity index (χ1v) is 17.5. The summed E-state index contributed by atoms with van der Waals surface area (Å²) in [6.07, 6.45) is 1.03. The molecule has 4 aromatic rings. The van der Waals surface area contributed by atoms with Gasteiger partial charge in [0, 0.05) is 24.5 Å². The third-order valence-electron chi connectivity index (χ3n) is 7.28. The molecule has 0 aliphatic rings. The molecule has 0 aliphatic heterocycles. The van der Waals surface area contributed by atoms with Crippen LogP contribution in [0, 0.1) is 33.5 Å². The molecule has 0 aliphatic carbocycles. The molecule has 0 N–H and O–H groups in total. The number of amides is 1. The number of benzene rings is 2. The second-order valence-corrected chi connectivity index (χ2v) is 13.6. The molecule has 2 aromatic carbocycles. The average molecular weight is 763 g/mol. The number of halogens is 5. The number of carbonyl (C=O) groups excluding carboxylic acids is 2. The minimum atomic E-state index is -3.88. The predicted molar refractivity (Wildman–Crippen MR) is 179 cm³/mol. The minimum absolute atomic E-state index is 0.0424. The second kappa shape index (κ2) is 16.7. The zero-order chi connectivity index (χ0) is 37.7. The highest BCUT2D eigenvalue weighted by Crippen LogP contribution is 2.27. The Kier molecular flexibility index (Phi) is 13.4. The van der Waals surface area contributed by atoms with Crippen molar-refractivity contribution >= 4 is 45.0 Å². The molecule has 13 nitrogen and oxygen atoms in total. The topological polar surface area (TPSA) is 151 Å². The normalized spacial score (nSPS) is 12.0. The van der Waals surface area contributed by atoms with Crippen molar-refractivity contribution in [1.29, 1.82) is 0 Å². The van der Waals surface area contributed by atoms with E-state index >= 15 is 0 Å². The zero-order valence-electron chi connectivity index (χ0n) is 28.2. The Morgan fingerprint density at radius 3 is 2.12 bits per heavy atom. The van der Waals surface area contributed by atoms with Crippen LogP contribution >= 0.6 is 23.2 Å². The van der Waals surface area contributed by atoms with Crippen molar-refractivity contribution in [2.75, 3.05) is 19.7 Å². The summed E-state index contributed by atoms with van der Waals surface area (Å²) in [4.78, 5) is 41.6. The number of ether oxygens (including phenoxy) is 1. The summed E-state index contributed by atoms with van der Waals surface area (Å²) in [6, 6.07) is 5.24. The summed E-state index contributed by atoms with van der Waals surface area (Å²) >= 11 is 11.9. The smallest absolute Gasteiger partial charge is 0.355 e. The Labute approximate surface area is 296 Å². The van der Waals surface area contributed by atoms with Crippen LogP contribution in [0.15, 0.2) is 45.4 Å². The Morgan fingerprint density at radius 1 is 1.00 bits per heavy atom. The standard InChI is InChI=1S/C16H22N4O3S.C15H14Cl2F3N3O3/c1-6-19(7-2)16(21)20-10-17-15(18-20)24(22,23)14-12(4)8-11(3)9-13(14)5;1-3-26-13(24)10(17)4-8-5-12(11(18)6-9(8)16)23-15(25)22(14(19)20)7(2)21-23/h8-10H,6-7H2,1-5H3;5-6,10,14H,3-4H2,1-2H3. The number of aromatic nitrogens is 6. The molecule has 0 radical (unpaired) electrons. The highest BCUT2D eigenvalue weighted by molar-refractivity contribution is 7.91. The summed E-state index contributed by atoms with van der Waals surface area (Å²) in [5.41, 5.74) is 0.895. The maximum atomic E-state index is 14.2. The van der Waals surface area contributed by atoms with Crippen molar-refractivity contribution in [3.05, 3.63) is 80.0 Å². The molecular weight excluding hydrogens is 726 g/mol. The van der Waals surface area contributed by atoms with Gasteiger partial charge in [0.05, 0.1) is 11.5 Å². The molecule has 0 fully saturated rings. The van der Waals surface area contributed by atoms with Crippen LogP contribution in [0.1, 0.15) is 55.4 Å². The molecule has 4 rings (SSSR count). The van der Waals surface area contributed by atoms with Gasteiger partial charge < -0.3 is 9.64 Å². The third-order valence-corrected chi connectivity index (χ3v) is 9.81. The first kappa shape index (κ1) is 40.2. The Morgan fingerprint density at radius 2 is 1.60 bits per heavy atom. The van der Waals surface area contributed by atoms with Gasteiger partial charge in [0.1, 0.15) is 23.2 Å². The molecular formula is C31H36Cl2F3N7O6S. The monoisotopic (exact) mass is 761 g/mol. The van der Waals surface area contributed by atoms with Crippen molar-refractivity contribution in [2.24, 2.45) is 0 Å². The molecule has 0 saturated heterocycles. The van der Waals surface area contributed by atoms with E-state index in [-0.39, 0.29) is 49.7 Å². The summed E-state index contributed by atoms with van der Waals surface area (Å²) in [6.45, 7) is 9.89. The van der Waals surface area contributed by atoms with Gasteiger partial charge in [-0.2, -0.15) is 18.1 Å². The summed E-state index contributed by atoms with van der Waals surface area (Å²) in [5.74, 6) is -1.92. The van der Waals surface area contributed by atoms with E-state index in [1.165, 1.54) is 11.8 Å². The van der Waals surface area contributed by atoms with Crippen molar-refractivity contribution in [3.63, 3.8) is 0 Å². The Balaban J connectivity index is 0.000000271. The average Bonchev–Trinajstić information content (AvgIpc) is 3.64. The van der Waals surface area contributed by atoms with Crippen LogP contribution < -0.4 is 5.69 Å². The molecule has 2 aromatic heterocycles.